The van der Waals surface area contributed by atoms with Crippen LogP contribution in [0, 0.1) is 0 Å². The van der Waals surface area contributed by atoms with Crippen molar-refractivity contribution in [2.45, 2.75) is 0 Å². The Bertz CT molecular complexity index is 222. The first-order valence-corrected chi connectivity index (χ1v) is 3.33. The highest BCUT2D eigenvalue weighted by Crippen LogP contribution is 2.12. The number of carbonyl (C=O) groups is 1. The first-order valence-electron chi connectivity index (χ1n) is 3.33. The van der Waals surface area contributed by atoms with Crippen LogP contribution in [-0.2, 0) is 4.79 Å². The van der Waals surface area contributed by atoms with Crippen molar-refractivity contribution in [1.82, 2.24) is 4.90 Å². The Morgan fingerprint density at radius 2 is 2.27 bits per heavy atom. The van der Waals surface area contributed by atoms with Gasteiger partial charge in [-0.1, -0.05) is 6.58 Å². The molecule has 11 heavy (non-hydrogen) atoms. The number of hydrogen-bond donors (Lipinski definition) is 0. The van der Waals surface area contributed by atoms with Gasteiger partial charge in [-0.15, -0.1) is 0 Å². The summed E-state index contributed by atoms with van der Waals surface area (Å²) in [7, 11) is 0. The third-order valence-electron chi connectivity index (χ3n) is 1.53. The molecule has 0 unspecified atom stereocenters. The molecule has 0 amide bonds. The maximum Gasteiger partial charge on any atom is 0.171 e. The zero-order chi connectivity index (χ0) is 8.27. The Morgan fingerprint density at radius 1 is 1.64 bits per heavy atom. The van der Waals surface area contributed by atoms with Crippen LogP contribution >= 0.6 is 0 Å². The highest BCUT2D eigenvalue weighted by molar-refractivity contribution is 5.88. The summed E-state index contributed by atoms with van der Waals surface area (Å²) < 4.78 is 0. The van der Waals surface area contributed by atoms with Gasteiger partial charge in [-0.2, -0.15) is 0 Å². The van der Waals surface area contributed by atoms with E-state index in [1.165, 1.54) is 0 Å². The Hall–Kier alpha value is -1.38. The Morgan fingerprint density at radius 3 is 2.64 bits per heavy atom. The summed E-state index contributed by atoms with van der Waals surface area (Å²) in [5.41, 5.74) is 0.861. The van der Waals surface area contributed by atoms with Gasteiger partial charge in [0.25, 0.3) is 0 Å². The van der Waals surface area contributed by atoms with Crippen LogP contribution in [0.5, 0.6) is 0 Å². The van der Waals surface area contributed by atoms with Gasteiger partial charge in [0.2, 0.25) is 0 Å². The minimum atomic E-state index is 0.252. The SMILES string of the molecule is C=CC(=CN=C)N1CC(=O)C1. The Labute approximate surface area is 65.7 Å². The number of aliphatic imine (C=N–C) groups is 1. The first-order chi connectivity index (χ1) is 5.27. The second-order valence-corrected chi connectivity index (χ2v) is 2.34. The summed E-state index contributed by atoms with van der Waals surface area (Å²) in [6, 6.07) is 0. The summed E-state index contributed by atoms with van der Waals surface area (Å²) in [6.07, 6.45) is 3.26. The van der Waals surface area contributed by atoms with Crippen molar-refractivity contribution < 1.29 is 4.79 Å². The molecule has 1 fully saturated rings. The van der Waals surface area contributed by atoms with Crippen LogP contribution < -0.4 is 0 Å². The van der Waals surface area contributed by atoms with Crippen LogP contribution in [0.1, 0.15) is 0 Å². The van der Waals surface area contributed by atoms with Crippen LogP contribution in [0.25, 0.3) is 0 Å². The molecule has 1 rings (SSSR count). The summed E-state index contributed by atoms with van der Waals surface area (Å²) in [5, 5.41) is 0. The minimum absolute atomic E-state index is 0.252. The molecule has 0 bridgehead atoms. The molecule has 0 spiro atoms. The van der Waals surface area contributed by atoms with Crippen molar-refractivity contribution in [2.75, 3.05) is 13.1 Å². The second kappa shape index (κ2) is 3.14. The van der Waals surface area contributed by atoms with Crippen molar-refractivity contribution in [1.29, 1.82) is 0 Å². The Balaban J connectivity index is 2.57. The fraction of sp³-hybridized carbons (Fsp3) is 0.250. The maximum atomic E-state index is 10.6. The molecule has 0 aromatic carbocycles. The molecule has 58 valence electrons. The normalized spacial score (nSPS) is 17.6. The van der Waals surface area contributed by atoms with E-state index in [-0.39, 0.29) is 5.78 Å². The van der Waals surface area contributed by atoms with Crippen LogP contribution in [0.4, 0.5) is 0 Å². The van der Waals surface area contributed by atoms with E-state index < -0.39 is 0 Å². The van der Waals surface area contributed by atoms with Crippen LogP contribution in [0.15, 0.2) is 29.5 Å². The van der Waals surface area contributed by atoms with E-state index in [0.29, 0.717) is 13.1 Å². The fourth-order valence-corrected chi connectivity index (χ4v) is 0.919. The molecular formula is C8H10N2O. The summed E-state index contributed by atoms with van der Waals surface area (Å²) in [4.78, 5) is 16.1. The molecule has 1 heterocycles. The van der Waals surface area contributed by atoms with E-state index in [4.69, 9.17) is 0 Å². The lowest BCUT2D eigenvalue weighted by Gasteiger charge is -2.31. The van der Waals surface area contributed by atoms with Crippen molar-refractivity contribution in [3.05, 3.63) is 24.6 Å². The lowest BCUT2D eigenvalue weighted by molar-refractivity contribution is -0.127. The number of Topliss-reactive ketones (excluding diaryl/α,β-unsaturated/α-hetero) is 1. The molecule has 3 heteroatoms. The van der Waals surface area contributed by atoms with Crippen LogP contribution in [-0.4, -0.2) is 30.5 Å². The van der Waals surface area contributed by atoms with Gasteiger partial charge in [-0.05, 0) is 12.8 Å². The van der Waals surface area contributed by atoms with Crippen molar-refractivity contribution >= 4 is 12.5 Å². The molecule has 3 nitrogen and oxygen atoms in total. The highest BCUT2D eigenvalue weighted by atomic mass is 16.1. The smallest absolute Gasteiger partial charge is 0.171 e. The fourth-order valence-electron chi connectivity index (χ4n) is 0.919. The van der Waals surface area contributed by atoms with Crippen LogP contribution in [0.3, 0.4) is 0 Å². The first kappa shape index (κ1) is 7.72. The molecule has 0 aliphatic carbocycles. The van der Waals surface area contributed by atoms with E-state index in [1.54, 1.807) is 12.3 Å². The van der Waals surface area contributed by atoms with Gasteiger partial charge in [0.1, 0.15) is 0 Å². The molecule has 0 aromatic rings. The highest BCUT2D eigenvalue weighted by Gasteiger charge is 2.23. The van der Waals surface area contributed by atoms with E-state index in [0.717, 1.165) is 5.70 Å². The zero-order valence-corrected chi connectivity index (χ0v) is 6.29. The number of likely N-dealkylation sites (tertiary alicyclic amines) is 1. The van der Waals surface area contributed by atoms with Gasteiger partial charge >= 0.3 is 0 Å². The largest absolute Gasteiger partial charge is 0.355 e. The molecular weight excluding hydrogens is 140 g/mol. The average molecular weight is 150 g/mol. The summed E-state index contributed by atoms with van der Waals surface area (Å²) in [5.74, 6) is 0.252. The predicted molar refractivity (Wildman–Crippen MR) is 44.4 cm³/mol. The van der Waals surface area contributed by atoms with E-state index in [9.17, 15) is 4.79 Å². The minimum Gasteiger partial charge on any atom is -0.355 e. The van der Waals surface area contributed by atoms with Gasteiger partial charge in [-0.25, -0.2) is 0 Å². The lowest BCUT2D eigenvalue weighted by atomic mass is 10.2. The molecule has 0 atom stereocenters. The standard InChI is InChI=1S/C8H10N2O/c1-3-7(4-9-2)10-5-8(11)6-10/h3-4H,1-2,5-6H2. The van der Waals surface area contributed by atoms with Crippen molar-refractivity contribution in [2.24, 2.45) is 4.99 Å². The molecule has 0 aromatic heterocycles. The van der Waals surface area contributed by atoms with E-state index >= 15 is 0 Å². The van der Waals surface area contributed by atoms with Crippen LogP contribution in [0.2, 0.25) is 0 Å². The summed E-state index contributed by atoms with van der Waals surface area (Å²) >= 11 is 0. The van der Waals surface area contributed by atoms with Crippen molar-refractivity contribution in [3.8, 4) is 0 Å². The monoisotopic (exact) mass is 150 g/mol. The van der Waals surface area contributed by atoms with Gasteiger partial charge in [0.15, 0.2) is 5.78 Å². The summed E-state index contributed by atoms with van der Waals surface area (Å²) in [6.45, 7) is 7.88. The Kier molecular flexibility index (Phi) is 2.21. The second-order valence-electron chi connectivity index (χ2n) is 2.34. The molecule has 0 saturated carbocycles. The number of ketones is 1. The van der Waals surface area contributed by atoms with Gasteiger partial charge < -0.3 is 4.90 Å². The third kappa shape index (κ3) is 1.55. The molecule has 0 N–H and O–H groups in total. The molecule has 1 saturated heterocycles. The number of allylic oxidation sites excluding steroid dienone is 1. The van der Waals surface area contributed by atoms with E-state index in [1.807, 2.05) is 4.90 Å². The quantitative estimate of drug-likeness (QED) is 0.436. The number of nitrogens with zero attached hydrogens (tertiary/aromatic N) is 2. The van der Waals surface area contributed by atoms with Crippen molar-refractivity contribution in [3.63, 3.8) is 0 Å². The number of hydrogen-bond acceptors (Lipinski definition) is 3. The third-order valence-corrected chi connectivity index (χ3v) is 1.53. The molecule has 0 radical (unpaired) electrons. The predicted octanol–water partition coefficient (Wildman–Crippen LogP) is 0.599. The van der Waals surface area contributed by atoms with E-state index in [2.05, 4.69) is 18.3 Å². The molecule has 1 aliphatic heterocycles. The topological polar surface area (TPSA) is 32.7 Å². The molecule has 1 aliphatic rings. The zero-order valence-electron chi connectivity index (χ0n) is 6.29. The lowest BCUT2D eigenvalue weighted by Crippen LogP contribution is -2.45. The van der Waals surface area contributed by atoms with Gasteiger partial charge in [0.05, 0.1) is 18.8 Å². The maximum absolute atomic E-state index is 10.6. The number of carbonyl (C=O) groups excluding carboxylic acids is 1. The average Bonchev–Trinajstić information content (AvgIpc) is 1.95. The number of rotatable bonds is 3. The van der Waals surface area contributed by atoms with Gasteiger partial charge in [0, 0.05) is 6.20 Å². The van der Waals surface area contributed by atoms with Gasteiger partial charge in [-0.3, -0.25) is 9.79 Å².